The lowest BCUT2D eigenvalue weighted by molar-refractivity contribution is 0.100. The molecule has 70 valence electrons. The van der Waals surface area contributed by atoms with Gasteiger partial charge in [-0.3, -0.25) is 4.79 Å². The van der Waals surface area contributed by atoms with Crippen molar-refractivity contribution < 1.29 is 4.79 Å². The van der Waals surface area contributed by atoms with Crippen LogP contribution < -0.4 is 5.73 Å². The van der Waals surface area contributed by atoms with Crippen LogP contribution in [0.15, 0.2) is 30.5 Å². The molecule has 0 saturated heterocycles. The Kier molecular flexibility index (Phi) is 2.24. The lowest BCUT2D eigenvalue weighted by Gasteiger charge is -2.01. The topological polar surface area (TPSA) is 68.9 Å². The molecular formula is C9H7N3OS. The van der Waals surface area contributed by atoms with Gasteiger partial charge in [0.1, 0.15) is 0 Å². The summed E-state index contributed by atoms with van der Waals surface area (Å²) in [6.07, 6.45) is 1.62. The van der Waals surface area contributed by atoms with Gasteiger partial charge in [-0.25, -0.2) is 0 Å². The van der Waals surface area contributed by atoms with Crippen molar-refractivity contribution in [3.8, 4) is 10.4 Å². The number of nitrogens with two attached hydrogens (primary N) is 1. The standard InChI is InChI=1S/C9H7N3OS/c10-9(13)7-4-2-1-3-6(7)8-5-11-12-14-8/h1-5H,(H2,10,13). The van der Waals surface area contributed by atoms with Gasteiger partial charge in [-0.15, -0.1) is 5.10 Å². The summed E-state index contributed by atoms with van der Waals surface area (Å²) in [5.41, 5.74) is 6.53. The van der Waals surface area contributed by atoms with Crippen molar-refractivity contribution in [3.05, 3.63) is 36.0 Å². The van der Waals surface area contributed by atoms with Crippen molar-refractivity contribution >= 4 is 17.4 Å². The molecule has 14 heavy (non-hydrogen) atoms. The van der Waals surface area contributed by atoms with Crippen LogP contribution in [0.5, 0.6) is 0 Å². The van der Waals surface area contributed by atoms with Gasteiger partial charge in [-0.2, -0.15) is 0 Å². The molecule has 5 heteroatoms. The second-order valence-electron chi connectivity index (χ2n) is 2.69. The van der Waals surface area contributed by atoms with Crippen LogP contribution in [0.3, 0.4) is 0 Å². The highest BCUT2D eigenvalue weighted by molar-refractivity contribution is 7.09. The molecule has 1 aromatic heterocycles. The summed E-state index contributed by atoms with van der Waals surface area (Å²) in [4.78, 5) is 11.9. The first-order valence-corrected chi connectivity index (χ1v) is 4.73. The molecule has 2 N–H and O–H groups in total. The first kappa shape index (κ1) is 8.83. The molecule has 0 fully saturated rings. The van der Waals surface area contributed by atoms with Crippen LogP contribution in [0.4, 0.5) is 0 Å². The van der Waals surface area contributed by atoms with E-state index in [2.05, 4.69) is 9.59 Å². The highest BCUT2D eigenvalue weighted by atomic mass is 32.1. The quantitative estimate of drug-likeness (QED) is 0.803. The van der Waals surface area contributed by atoms with Crippen LogP contribution in [-0.2, 0) is 0 Å². The van der Waals surface area contributed by atoms with E-state index in [1.807, 2.05) is 12.1 Å². The Morgan fingerprint density at radius 3 is 2.79 bits per heavy atom. The maximum atomic E-state index is 11.1. The molecule has 0 aliphatic carbocycles. The van der Waals surface area contributed by atoms with Crippen LogP contribution in [0.2, 0.25) is 0 Å². The van der Waals surface area contributed by atoms with Crippen LogP contribution >= 0.6 is 11.5 Å². The molecule has 4 nitrogen and oxygen atoms in total. The predicted octanol–water partition coefficient (Wildman–Crippen LogP) is 1.30. The van der Waals surface area contributed by atoms with Gasteiger partial charge in [0.2, 0.25) is 5.91 Å². The number of amides is 1. The van der Waals surface area contributed by atoms with Gasteiger partial charge < -0.3 is 5.73 Å². The third kappa shape index (κ3) is 1.49. The molecule has 0 atom stereocenters. The van der Waals surface area contributed by atoms with E-state index >= 15 is 0 Å². The van der Waals surface area contributed by atoms with Gasteiger partial charge in [-0.1, -0.05) is 22.7 Å². The second kappa shape index (κ2) is 3.55. The van der Waals surface area contributed by atoms with E-state index in [1.165, 1.54) is 11.5 Å². The van der Waals surface area contributed by atoms with Gasteiger partial charge in [0.25, 0.3) is 0 Å². The maximum Gasteiger partial charge on any atom is 0.249 e. The lowest BCUT2D eigenvalue weighted by Crippen LogP contribution is -2.11. The Balaban J connectivity index is 2.58. The van der Waals surface area contributed by atoms with Crippen molar-refractivity contribution in [3.63, 3.8) is 0 Å². The molecule has 0 unspecified atom stereocenters. The Hall–Kier alpha value is -1.75. The molecule has 0 spiro atoms. The van der Waals surface area contributed by atoms with Crippen LogP contribution in [0, 0.1) is 0 Å². The number of primary amides is 1. The van der Waals surface area contributed by atoms with Crippen molar-refractivity contribution in [2.45, 2.75) is 0 Å². The average molecular weight is 205 g/mol. The summed E-state index contributed by atoms with van der Waals surface area (Å²) < 4.78 is 3.74. The predicted molar refractivity (Wildman–Crippen MR) is 53.9 cm³/mol. The van der Waals surface area contributed by atoms with Crippen LogP contribution in [0.1, 0.15) is 10.4 Å². The SMILES string of the molecule is NC(=O)c1ccccc1-c1cnns1. The number of aromatic nitrogens is 2. The molecule has 0 aliphatic heterocycles. The average Bonchev–Trinajstić information content (AvgIpc) is 2.70. The van der Waals surface area contributed by atoms with Gasteiger partial charge in [0.05, 0.1) is 11.1 Å². The van der Waals surface area contributed by atoms with Gasteiger partial charge in [0, 0.05) is 11.1 Å². The summed E-state index contributed by atoms with van der Waals surface area (Å²) in [5.74, 6) is -0.436. The van der Waals surface area contributed by atoms with E-state index in [4.69, 9.17) is 5.73 Å². The highest BCUT2D eigenvalue weighted by Crippen LogP contribution is 2.24. The Morgan fingerprint density at radius 2 is 2.14 bits per heavy atom. The van der Waals surface area contributed by atoms with E-state index in [0.717, 1.165) is 10.4 Å². The van der Waals surface area contributed by atoms with Gasteiger partial charge >= 0.3 is 0 Å². The Morgan fingerprint density at radius 1 is 1.36 bits per heavy atom. The first-order valence-electron chi connectivity index (χ1n) is 3.95. The number of carbonyl (C=O) groups excluding carboxylic acids is 1. The fraction of sp³-hybridized carbons (Fsp3) is 0. The fourth-order valence-corrected chi connectivity index (χ4v) is 1.75. The molecule has 0 saturated carbocycles. The lowest BCUT2D eigenvalue weighted by atomic mass is 10.1. The largest absolute Gasteiger partial charge is 0.366 e. The Bertz CT molecular complexity index is 453. The zero-order chi connectivity index (χ0) is 9.97. The zero-order valence-electron chi connectivity index (χ0n) is 7.18. The Labute approximate surface area is 84.5 Å². The molecular weight excluding hydrogens is 198 g/mol. The fourth-order valence-electron chi connectivity index (χ4n) is 1.20. The number of nitrogens with zero attached hydrogens (tertiary/aromatic N) is 2. The maximum absolute atomic E-state index is 11.1. The molecule has 0 aliphatic rings. The molecule has 1 aromatic carbocycles. The summed E-state index contributed by atoms with van der Waals surface area (Å²) in [6, 6.07) is 7.15. The smallest absolute Gasteiger partial charge is 0.249 e. The van der Waals surface area contributed by atoms with E-state index < -0.39 is 5.91 Å². The third-order valence-corrected chi connectivity index (χ3v) is 2.52. The van der Waals surface area contributed by atoms with Crippen molar-refractivity contribution in [1.82, 2.24) is 9.59 Å². The third-order valence-electron chi connectivity index (χ3n) is 1.82. The zero-order valence-corrected chi connectivity index (χ0v) is 7.99. The van der Waals surface area contributed by atoms with E-state index in [9.17, 15) is 4.79 Å². The van der Waals surface area contributed by atoms with E-state index in [-0.39, 0.29) is 0 Å². The summed E-state index contributed by atoms with van der Waals surface area (Å²) >= 11 is 1.24. The van der Waals surface area contributed by atoms with Crippen molar-refractivity contribution in [1.29, 1.82) is 0 Å². The van der Waals surface area contributed by atoms with E-state index in [0.29, 0.717) is 5.56 Å². The van der Waals surface area contributed by atoms with Crippen molar-refractivity contribution in [2.75, 3.05) is 0 Å². The first-order chi connectivity index (χ1) is 6.79. The number of benzene rings is 1. The molecule has 2 rings (SSSR count). The minimum absolute atomic E-state index is 0.436. The summed E-state index contributed by atoms with van der Waals surface area (Å²) in [7, 11) is 0. The minimum atomic E-state index is -0.436. The van der Waals surface area contributed by atoms with E-state index in [1.54, 1.807) is 18.3 Å². The van der Waals surface area contributed by atoms with Gasteiger partial charge in [-0.05, 0) is 17.6 Å². The molecule has 0 radical (unpaired) electrons. The number of hydrogen-bond acceptors (Lipinski definition) is 4. The monoisotopic (exact) mass is 205 g/mol. The van der Waals surface area contributed by atoms with Crippen LogP contribution in [-0.4, -0.2) is 15.5 Å². The summed E-state index contributed by atoms with van der Waals surface area (Å²) in [6.45, 7) is 0. The highest BCUT2D eigenvalue weighted by Gasteiger charge is 2.10. The molecule has 1 amide bonds. The number of carbonyl (C=O) groups is 1. The second-order valence-corrected chi connectivity index (χ2v) is 3.48. The molecule has 0 bridgehead atoms. The van der Waals surface area contributed by atoms with Crippen molar-refractivity contribution in [2.24, 2.45) is 5.73 Å². The number of rotatable bonds is 2. The molecule has 2 aromatic rings. The minimum Gasteiger partial charge on any atom is -0.366 e. The normalized spacial score (nSPS) is 10.0. The molecule has 1 heterocycles. The van der Waals surface area contributed by atoms with Crippen LogP contribution in [0.25, 0.3) is 10.4 Å². The van der Waals surface area contributed by atoms with Gasteiger partial charge in [0.15, 0.2) is 0 Å². The number of hydrogen-bond donors (Lipinski definition) is 1. The summed E-state index contributed by atoms with van der Waals surface area (Å²) in [5, 5.41) is 3.72.